The molecule has 86 valence electrons. The fourth-order valence-electron chi connectivity index (χ4n) is 1.68. The molecule has 1 aliphatic rings. The van der Waals surface area contributed by atoms with E-state index in [9.17, 15) is 9.18 Å². The summed E-state index contributed by atoms with van der Waals surface area (Å²) >= 11 is 0. The Morgan fingerprint density at radius 1 is 1.56 bits per heavy atom. The van der Waals surface area contributed by atoms with Gasteiger partial charge in [0.2, 0.25) is 0 Å². The third-order valence-corrected chi connectivity index (χ3v) is 2.66. The van der Waals surface area contributed by atoms with Gasteiger partial charge in [-0.25, -0.2) is 4.39 Å². The fraction of sp³-hybridized carbons (Fsp3) is 0.417. The Hall–Kier alpha value is -1.42. The number of halogens is 1. The lowest BCUT2D eigenvalue weighted by atomic mass is 10.2. The number of benzene rings is 1. The van der Waals surface area contributed by atoms with E-state index in [1.54, 1.807) is 19.1 Å². The molecule has 1 N–H and O–H groups in total. The van der Waals surface area contributed by atoms with Gasteiger partial charge in [0.1, 0.15) is 11.9 Å². The van der Waals surface area contributed by atoms with Crippen molar-refractivity contribution in [2.75, 3.05) is 11.9 Å². The van der Waals surface area contributed by atoms with Gasteiger partial charge >= 0.3 is 0 Å². The maximum absolute atomic E-state index is 13.2. The number of nitrogens with one attached hydrogen (secondary N) is 1. The van der Waals surface area contributed by atoms with Crippen LogP contribution in [0.5, 0.6) is 0 Å². The van der Waals surface area contributed by atoms with E-state index >= 15 is 0 Å². The summed E-state index contributed by atoms with van der Waals surface area (Å²) in [6, 6.07) is 4.65. The van der Waals surface area contributed by atoms with Gasteiger partial charge in [0.25, 0.3) is 5.91 Å². The Labute approximate surface area is 93.6 Å². The molecule has 0 saturated carbocycles. The van der Waals surface area contributed by atoms with Crippen molar-refractivity contribution in [1.82, 2.24) is 0 Å². The number of amides is 1. The van der Waals surface area contributed by atoms with Crippen molar-refractivity contribution < 1.29 is 13.9 Å². The summed E-state index contributed by atoms with van der Waals surface area (Å²) < 4.78 is 18.5. The van der Waals surface area contributed by atoms with Gasteiger partial charge in [-0.3, -0.25) is 4.79 Å². The molecule has 2 rings (SSSR count). The molecule has 4 heteroatoms. The lowest BCUT2D eigenvalue weighted by molar-refractivity contribution is -0.124. The molecule has 1 saturated heterocycles. The maximum Gasteiger partial charge on any atom is 0.253 e. The molecule has 1 aromatic carbocycles. The third kappa shape index (κ3) is 2.39. The van der Waals surface area contributed by atoms with Crippen LogP contribution in [0.3, 0.4) is 0 Å². The molecule has 1 unspecified atom stereocenters. The number of rotatable bonds is 2. The zero-order chi connectivity index (χ0) is 11.5. The van der Waals surface area contributed by atoms with E-state index in [1.165, 1.54) is 6.07 Å². The minimum atomic E-state index is -0.385. The second-order valence-electron chi connectivity index (χ2n) is 3.95. The maximum atomic E-state index is 13.2. The van der Waals surface area contributed by atoms with Crippen LogP contribution < -0.4 is 5.32 Å². The number of ether oxygens (including phenoxy) is 1. The second kappa shape index (κ2) is 4.61. The van der Waals surface area contributed by atoms with Gasteiger partial charge in [0.05, 0.1) is 0 Å². The molecule has 0 radical (unpaired) electrons. The molecule has 1 atom stereocenters. The molecule has 0 spiro atoms. The number of hydrogen-bond acceptors (Lipinski definition) is 2. The van der Waals surface area contributed by atoms with E-state index in [0.717, 1.165) is 12.8 Å². The van der Waals surface area contributed by atoms with Crippen LogP contribution >= 0.6 is 0 Å². The Morgan fingerprint density at radius 2 is 2.38 bits per heavy atom. The summed E-state index contributed by atoms with van der Waals surface area (Å²) in [5, 5.41) is 2.65. The number of hydrogen-bond donors (Lipinski definition) is 1. The van der Waals surface area contributed by atoms with Crippen molar-refractivity contribution in [3.05, 3.63) is 29.6 Å². The fourth-order valence-corrected chi connectivity index (χ4v) is 1.68. The topological polar surface area (TPSA) is 38.3 Å². The van der Waals surface area contributed by atoms with Crippen molar-refractivity contribution in [1.29, 1.82) is 0 Å². The molecule has 1 heterocycles. The van der Waals surface area contributed by atoms with Crippen LogP contribution in [0.15, 0.2) is 18.2 Å². The van der Waals surface area contributed by atoms with Gasteiger partial charge < -0.3 is 10.1 Å². The Bertz CT molecular complexity index is 400. The zero-order valence-electron chi connectivity index (χ0n) is 9.13. The standard InChI is InChI=1S/C12H14FNO2/c1-8-4-5-9(7-10(8)13)14-12(15)11-3-2-6-16-11/h4-5,7,11H,2-3,6H2,1H3,(H,14,15). The molecule has 1 amide bonds. The lowest BCUT2D eigenvalue weighted by Crippen LogP contribution is -2.26. The van der Waals surface area contributed by atoms with Gasteiger partial charge in [0.15, 0.2) is 0 Å². The minimum absolute atomic E-state index is 0.194. The van der Waals surface area contributed by atoms with Crippen LogP contribution in [0.25, 0.3) is 0 Å². The van der Waals surface area contributed by atoms with Gasteiger partial charge in [-0.1, -0.05) is 6.07 Å². The van der Waals surface area contributed by atoms with Crippen molar-refractivity contribution in [3.8, 4) is 0 Å². The highest BCUT2D eigenvalue weighted by Crippen LogP contribution is 2.17. The van der Waals surface area contributed by atoms with Crippen LogP contribution in [0, 0.1) is 12.7 Å². The second-order valence-corrected chi connectivity index (χ2v) is 3.95. The number of aryl methyl sites for hydroxylation is 1. The molecular formula is C12H14FNO2. The van der Waals surface area contributed by atoms with E-state index < -0.39 is 0 Å². The summed E-state index contributed by atoms with van der Waals surface area (Å²) in [5.74, 6) is -0.508. The summed E-state index contributed by atoms with van der Waals surface area (Å²) in [7, 11) is 0. The van der Waals surface area contributed by atoms with Gasteiger partial charge in [0, 0.05) is 12.3 Å². The summed E-state index contributed by atoms with van der Waals surface area (Å²) in [6.07, 6.45) is 1.25. The van der Waals surface area contributed by atoms with E-state index in [4.69, 9.17) is 4.74 Å². The van der Waals surface area contributed by atoms with Crippen molar-refractivity contribution in [3.63, 3.8) is 0 Å². The van der Waals surface area contributed by atoms with Crippen LogP contribution in [0.2, 0.25) is 0 Å². The summed E-state index contributed by atoms with van der Waals surface area (Å²) in [6.45, 7) is 2.31. The SMILES string of the molecule is Cc1ccc(NC(=O)C2CCCO2)cc1F. The molecule has 0 bridgehead atoms. The Morgan fingerprint density at radius 3 is 3.00 bits per heavy atom. The van der Waals surface area contributed by atoms with Crippen LogP contribution in [-0.2, 0) is 9.53 Å². The zero-order valence-corrected chi connectivity index (χ0v) is 9.13. The van der Waals surface area contributed by atoms with E-state index in [-0.39, 0.29) is 17.8 Å². The highest BCUT2D eigenvalue weighted by molar-refractivity contribution is 5.94. The largest absolute Gasteiger partial charge is 0.368 e. The molecule has 0 aliphatic carbocycles. The van der Waals surface area contributed by atoms with Crippen molar-refractivity contribution in [2.45, 2.75) is 25.9 Å². The quantitative estimate of drug-likeness (QED) is 0.835. The Balaban J connectivity index is 2.02. The van der Waals surface area contributed by atoms with Crippen LogP contribution in [0.4, 0.5) is 10.1 Å². The number of anilines is 1. The van der Waals surface area contributed by atoms with Crippen LogP contribution in [0.1, 0.15) is 18.4 Å². The van der Waals surface area contributed by atoms with Crippen molar-refractivity contribution >= 4 is 11.6 Å². The first-order valence-electron chi connectivity index (χ1n) is 5.35. The van der Waals surface area contributed by atoms with Gasteiger partial charge in [-0.15, -0.1) is 0 Å². The molecule has 1 fully saturated rings. The smallest absolute Gasteiger partial charge is 0.253 e. The van der Waals surface area contributed by atoms with E-state index in [1.807, 2.05) is 0 Å². The van der Waals surface area contributed by atoms with Gasteiger partial charge in [-0.05, 0) is 37.5 Å². The van der Waals surface area contributed by atoms with Crippen LogP contribution in [-0.4, -0.2) is 18.6 Å². The molecule has 16 heavy (non-hydrogen) atoms. The van der Waals surface area contributed by atoms with E-state index in [0.29, 0.717) is 17.9 Å². The Kier molecular flexibility index (Phi) is 3.19. The lowest BCUT2D eigenvalue weighted by Gasteiger charge is -2.10. The average Bonchev–Trinajstić information content (AvgIpc) is 2.77. The van der Waals surface area contributed by atoms with Crippen molar-refractivity contribution in [2.24, 2.45) is 0 Å². The van der Waals surface area contributed by atoms with E-state index in [2.05, 4.69) is 5.32 Å². The average molecular weight is 223 g/mol. The monoisotopic (exact) mass is 223 g/mol. The normalized spacial score (nSPS) is 19.8. The first-order valence-corrected chi connectivity index (χ1v) is 5.35. The number of carbonyl (C=O) groups excluding carboxylic acids is 1. The summed E-state index contributed by atoms with van der Waals surface area (Å²) in [4.78, 5) is 11.7. The first kappa shape index (κ1) is 11.1. The highest BCUT2D eigenvalue weighted by atomic mass is 19.1. The first-order chi connectivity index (χ1) is 7.66. The molecule has 0 aromatic heterocycles. The highest BCUT2D eigenvalue weighted by Gasteiger charge is 2.23. The molecule has 1 aromatic rings. The predicted molar refractivity (Wildman–Crippen MR) is 58.7 cm³/mol. The predicted octanol–water partition coefficient (Wildman–Crippen LogP) is 2.25. The molecule has 1 aliphatic heterocycles. The molecule has 3 nitrogen and oxygen atoms in total. The van der Waals surface area contributed by atoms with Gasteiger partial charge in [-0.2, -0.15) is 0 Å². The summed E-state index contributed by atoms with van der Waals surface area (Å²) in [5.41, 5.74) is 1.04. The molecular weight excluding hydrogens is 209 g/mol. The third-order valence-electron chi connectivity index (χ3n) is 2.66. The number of carbonyl (C=O) groups is 1. The minimum Gasteiger partial charge on any atom is -0.368 e.